The van der Waals surface area contributed by atoms with Crippen LogP contribution in [-0.4, -0.2) is 16.5 Å². The van der Waals surface area contributed by atoms with Crippen molar-refractivity contribution in [3.8, 4) is 11.4 Å². The van der Waals surface area contributed by atoms with Gasteiger partial charge in [-0.1, -0.05) is 18.5 Å². The lowest BCUT2D eigenvalue weighted by atomic mass is 10.2. The van der Waals surface area contributed by atoms with Gasteiger partial charge in [0.25, 0.3) is 0 Å². The van der Waals surface area contributed by atoms with Crippen LogP contribution >= 0.6 is 22.9 Å². The Hall–Kier alpha value is -1.65. The van der Waals surface area contributed by atoms with Crippen molar-refractivity contribution in [2.24, 2.45) is 0 Å². The second-order valence-corrected chi connectivity index (χ2v) is 5.71. The normalized spacial score (nSPS) is 10.9. The number of thiophene rings is 1. The third kappa shape index (κ3) is 2.62. The first kappa shape index (κ1) is 13.3. The van der Waals surface area contributed by atoms with Crippen molar-refractivity contribution < 1.29 is 0 Å². The van der Waals surface area contributed by atoms with E-state index in [4.69, 9.17) is 11.6 Å². The monoisotopic (exact) mass is 303 g/mol. The first-order valence-corrected chi connectivity index (χ1v) is 7.83. The van der Waals surface area contributed by atoms with Crippen molar-refractivity contribution in [2.45, 2.75) is 13.3 Å². The summed E-state index contributed by atoms with van der Waals surface area (Å²) in [5.74, 6) is 1.61. The van der Waals surface area contributed by atoms with Crippen LogP contribution in [0.5, 0.6) is 0 Å². The lowest BCUT2D eigenvalue weighted by molar-refractivity contribution is 0.970. The largest absolute Gasteiger partial charge is 0.369 e. The van der Waals surface area contributed by atoms with E-state index in [9.17, 15) is 0 Å². The van der Waals surface area contributed by atoms with E-state index in [0.717, 1.165) is 41.1 Å². The molecule has 0 saturated heterocycles. The molecule has 2 heterocycles. The average molecular weight is 304 g/mol. The van der Waals surface area contributed by atoms with Crippen LogP contribution < -0.4 is 5.32 Å². The van der Waals surface area contributed by atoms with Crippen molar-refractivity contribution in [1.82, 2.24) is 9.97 Å². The molecule has 20 heavy (non-hydrogen) atoms. The molecule has 3 nitrogen and oxygen atoms in total. The Bertz CT molecular complexity index is 725. The highest BCUT2D eigenvalue weighted by Gasteiger charge is 2.09. The van der Waals surface area contributed by atoms with Gasteiger partial charge in [0.1, 0.15) is 5.82 Å². The Labute approximate surface area is 126 Å². The van der Waals surface area contributed by atoms with Gasteiger partial charge in [-0.3, -0.25) is 0 Å². The molecule has 0 fully saturated rings. The predicted molar refractivity (Wildman–Crippen MR) is 86.6 cm³/mol. The zero-order valence-corrected chi connectivity index (χ0v) is 12.6. The summed E-state index contributed by atoms with van der Waals surface area (Å²) in [6.07, 6.45) is 1.05. The maximum atomic E-state index is 6.07. The molecule has 1 aromatic carbocycles. The van der Waals surface area contributed by atoms with Gasteiger partial charge in [-0.05, 0) is 36.1 Å². The van der Waals surface area contributed by atoms with Crippen molar-refractivity contribution in [3.05, 3.63) is 40.0 Å². The SMILES string of the molecule is CCCNc1nc(-c2ccsc2)nc2cc(Cl)ccc12. The van der Waals surface area contributed by atoms with Gasteiger partial charge >= 0.3 is 0 Å². The summed E-state index contributed by atoms with van der Waals surface area (Å²) in [4.78, 5) is 9.27. The molecular weight excluding hydrogens is 290 g/mol. The molecule has 0 spiro atoms. The molecule has 0 atom stereocenters. The summed E-state index contributed by atoms with van der Waals surface area (Å²) < 4.78 is 0. The summed E-state index contributed by atoms with van der Waals surface area (Å²) in [5.41, 5.74) is 1.91. The molecule has 0 saturated carbocycles. The van der Waals surface area contributed by atoms with E-state index in [1.165, 1.54) is 0 Å². The third-order valence-corrected chi connectivity index (χ3v) is 3.90. The standard InChI is InChI=1S/C15H14ClN3S/c1-2-6-17-15-12-4-3-11(16)8-13(12)18-14(19-15)10-5-7-20-9-10/h3-5,7-9H,2,6H2,1H3,(H,17,18,19). The molecule has 3 aromatic rings. The Morgan fingerprint density at radius 3 is 2.90 bits per heavy atom. The maximum Gasteiger partial charge on any atom is 0.162 e. The number of nitrogens with one attached hydrogen (secondary N) is 1. The molecular formula is C15H14ClN3S. The number of hydrogen-bond acceptors (Lipinski definition) is 4. The van der Waals surface area contributed by atoms with Gasteiger partial charge in [0, 0.05) is 27.9 Å². The number of fused-ring (bicyclic) bond motifs is 1. The van der Waals surface area contributed by atoms with Crippen LogP contribution in [0.2, 0.25) is 5.02 Å². The van der Waals surface area contributed by atoms with Gasteiger partial charge in [-0.25, -0.2) is 9.97 Å². The Morgan fingerprint density at radius 2 is 2.15 bits per heavy atom. The molecule has 5 heteroatoms. The average Bonchev–Trinajstić information content (AvgIpc) is 2.98. The minimum Gasteiger partial charge on any atom is -0.369 e. The fourth-order valence-corrected chi connectivity index (χ4v) is 2.80. The van der Waals surface area contributed by atoms with E-state index in [0.29, 0.717) is 5.02 Å². The molecule has 0 aliphatic heterocycles. The van der Waals surface area contributed by atoms with Crippen molar-refractivity contribution >= 4 is 39.7 Å². The predicted octanol–water partition coefficient (Wildman–Crippen LogP) is 4.83. The molecule has 0 amide bonds. The van der Waals surface area contributed by atoms with E-state index >= 15 is 0 Å². The van der Waals surface area contributed by atoms with Gasteiger partial charge in [0.05, 0.1) is 5.52 Å². The van der Waals surface area contributed by atoms with Crippen LogP contribution in [0.1, 0.15) is 13.3 Å². The Morgan fingerprint density at radius 1 is 1.25 bits per heavy atom. The van der Waals surface area contributed by atoms with Gasteiger partial charge in [-0.15, -0.1) is 0 Å². The lowest BCUT2D eigenvalue weighted by Gasteiger charge is -2.10. The topological polar surface area (TPSA) is 37.8 Å². The molecule has 0 radical (unpaired) electrons. The smallest absolute Gasteiger partial charge is 0.162 e. The van der Waals surface area contributed by atoms with E-state index < -0.39 is 0 Å². The summed E-state index contributed by atoms with van der Waals surface area (Å²) in [5, 5.41) is 9.14. The highest BCUT2D eigenvalue weighted by Crippen LogP contribution is 2.27. The van der Waals surface area contributed by atoms with Crippen molar-refractivity contribution in [2.75, 3.05) is 11.9 Å². The zero-order valence-electron chi connectivity index (χ0n) is 11.1. The number of rotatable bonds is 4. The number of benzene rings is 1. The second kappa shape index (κ2) is 5.77. The first-order chi connectivity index (χ1) is 9.78. The molecule has 102 valence electrons. The number of halogens is 1. The van der Waals surface area contributed by atoms with Crippen molar-refractivity contribution in [3.63, 3.8) is 0 Å². The second-order valence-electron chi connectivity index (χ2n) is 4.50. The first-order valence-electron chi connectivity index (χ1n) is 6.51. The van der Waals surface area contributed by atoms with Gasteiger partial charge in [-0.2, -0.15) is 11.3 Å². The highest BCUT2D eigenvalue weighted by molar-refractivity contribution is 7.08. The Balaban J connectivity index is 2.17. The summed E-state index contributed by atoms with van der Waals surface area (Å²) in [6, 6.07) is 7.74. The van der Waals surface area contributed by atoms with Crippen molar-refractivity contribution in [1.29, 1.82) is 0 Å². The zero-order chi connectivity index (χ0) is 13.9. The molecule has 3 rings (SSSR count). The number of aromatic nitrogens is 2. The van der Waals surface area contributed by atoms with Gasteiger partial charge in [0.15, 0.2) is 5.82 Å². The summed E-state index contributed by atoms with van der Waals surface area (Å²) in [6.45, 7) is 3.02. The lowest BCUT2D eigenvalue weighted by Crippen LogP contribution is -2.04. The van der Waals surface area contributed by atoms with Crippen LogP contribution in [0.4, 0.5) is 5.82 Å². The van der Waals surface area contributed by atoms with Crippen LogP contribution in [0.3, 0.4) is 0 Å². The number of hydrogen-bond donors (Lipinski definition) is 1. The summed E-state index contributed by atoms with van der Waals surface area (Å²) in [7, 11) is 0. The van der Waals surface area contributed by atoms with E-state index in [2.05, 4.69) is 27.6 Å². The summed E-state index contributed by atoms with van der Waals surface area (Å²) >= 11 is 7.71. The molecule has 0 unspecified atom stereocenters. The van der Waals surface area contributed by atoms with E-state index in [-0.39, 0.29) is 0 Å². The molecule has 0 aliphatic carbocycles. The fraction of sp³-hybridized carbons (Fsp3) is 0.200. The number of nitrogens with zero attached hydrogens (tertiary/aromatic N) is 2. The van der Waals surface area contributed by atoms with Crippen LogP contribution in [0.15, 0.2) is 35.0 Å². The quantitative estimate of drug-likeness (QED) is 0.750. The Kier molecular flexibility index (Phi) is 3.85. The molecule has 1 N–H and O–H groups in total. The minimum atomic E-state index is 0.689. The minimum absolute atomic E-state index is 0.689. The van der Waals surface area contributed by atoms with Crippen LogP contribution in [0, 0.1) is 0 Å². The van der Waals surface area contributed by atoms with E-state index in [1.807, 2.05) is 29.6 Å². The van der Waals surface area contributed by atoms with E-state index in [1.54, 1.807) is 11.3 Å². The third-order valence-electron chi connectivity index (χ3n) is 2.98. The molecule has 0 aliphatic rings. The molecule has 2 aromatic heterocycles. The van der Waals surface area contributed by atoms with Gasteiger partial charge < -0.3 is 5.32 Å². The van der Waals surface area contributed by atoms with Gasteiger partial charge in [0.2, 0.25) is 0 Å². The van der Waals surface area contributed by atoms with Crippen LogP contribution in [0.25, 0.3) is 22.3 Å². The van der Waals surface area contributed by atoms with Crippen LogP contribution in [-0.2, 0) is 0 Å². The fourth-order valence-electron chi connectivity index (χ4n) is 2.00. The maximum absolute atomic E-state index is 6.07. The molecule has 0 bridgehead atoms. The number of anilines is 1. The highest BCUT2D eigenvalue weighted by atomic mass is 35.5.